The molecule has 3 aromatic rings. The molecule has 0 radical (unpaired) electrons. The molecule has 0 saturated carbocycles. The average molecular weight is 375 g/mol. The second-order valence-electron chi connectivity index (χ2n) is 5.42. The Kier molecular flexibility index (Phi) is 3.37. The number of fused-ring (bicyclic) bond motifs is 2. The van der Waals surface area contributed by atoms with E-state index in [1.54, 1.807) is 34.0 Å². The van der Waals surface area contributed by atoms with Crippen LogP contribution in [0.25, 0.3) is 5.65 Å². The van der Waals surface area contributed by atoms with Crippen LogP contribution in [0.1, 0.15) is 22.5 Å². The second kappa shape index (κ2) is 5.42. The van der Waals surface area contributed by atoms with Crippen LogP contribution in [0.4, 0.5) is 10.1 Å². The Labute approximate surface area is 139 Å². The molecule has 3 heterocycles. The van der Waals surface area contributed by atoms with Crippen molar-refractivity contribution in [2.24, 2.45) is 0 Å². The van der Waals surface area contributed by atoms with Crippen molar-refractivity contribution < 1.29 is 9.18 Å². The van der Waals surface area contributed by atoms with Gasteiger partial charge in [-0.1, -0.05) is 0 Å². The topological polar surface area (TPSA) is 50.5 Å². The predicted molar refractivity (Wildman–Crippen MR) is 87.1 cm³/mol. The zero-order valence-corrected chi connectivity index (χ0v) is 13.6. The highest BCUT2D eigenvalue weighted by Gasteiger charge is 2.25. The van der Waals surface area contributed by atoms with E-state index < -0.39 is 0 Å². The third-order valence-corrected chi connectivity index (χ3v) is 4.56. The minimum Gasteiger partial charge on any atom is -0.307 e. The van der Waals surface area contributed by atoms with Crippen LogP contribution in [-0.4, -0.2) is 26.8 Å². The normalized spacial score (nSPS) is 14.1. The highest BCUT2D eigenvalue weighted by atomic mass is 79.9. The Morgan fingerprint density at radius 1 is 1.26 bits per heavy atom. The van der Waals surface area contributed by atoms with E-state index in [9.17, 15) is 9.18 Å². The van der Waals surface area contributed by atoms with Gasteiger partial charge in [0.15, 0.2) is 5.65 Å². The molecule has 0 fully saturated rings. The number of aromatic nitrogens is 3. The van der Waals surface area contributed by atoms with Crippen LogP contribution in [0, 0.1) is 5.82 Å². The van der Waals surface area contributed by atoms with Gasteiger partial charge in [-0.05, 0) is 52.5 Å². The van der Waals surface area contributed by atoms with Crippen LogP contribution in [-0.2, 0) is 6.42 Å². The van der Waals surface area contributed by atoms with Crippen LogP contribution < -0.4 is 4.90 Å². The maximum atomic E-state index is 13.4. The first-order valence-corrected chi connectivity index (χ1v) is 8.02. The zero-order chi connectivity index (χ0) is 16.0. The lowest BCUT2D eigenvalue weighted by Gasteiger charge is -2.29. The summed E-state index contributed by atoms with van der Waals surface area (Å²) in [5.74, 6) is -0.472. The number of hydrogen-bond acceptors (Lipinski definition) is 3. The van der Waals surface area contributed by atoms with Gasteiger partial charge in [-0.25, -0.2) is 14.4 Å². The summed E-state index contributed by atoms with van der Waals surface area (Å²) in [5, 5.41) is 0. The monoisotopic (exact) mass is 374 g/mol. The molecule has 1 aliphatic heterocycles. The van der Waals surface area contributed by atoms with Gasteiger partial charge >= 0.3 is 0 Å². The summed E-state index contributed by atoms with van der Waals surface area (Å²) in [6.07, 6.45) is 6.46. The number of carbonyl (C=O) groups is 1. The number of nitrogens with zero attached hydrogens (tertiary/aromatic N) is 4. The van der Waals surface area contributed by atoms with Crippen LogP contribution in [0.3, 0.4) is 0 Å². The lowest BCUT2D eigenvalue weighted by atomic mass is 10.0. The van der Waals surface area contributed by atoms with Gasteiger partial charge < -0.3 is 4.90 Å². The lowest BCUT2D eigenvalue weighted by molar-refractivity contribution is 0.0980. The number of aryl methyl sites for hydroxylation is 1. The Hall–Kier alpha value is -2.28. The largest absolute Gasteiger partial charge is 0.307 e. The third kappa shape index (κ3) is 2.41. The smallest absolute Gasteiger partial charge is 0.278 e. The Morgan fingerprint density at radius 2 is 2.13 bits per heavy atom. The maximum absolute atomic E-state index is 13.4. The van der Waals surface area contributed by atoms with Crippen molar-refractivity contribution in [3.05, 3.63) is 58.5 Å². The van der Waals surface area contributed by atoms with E-state index in [2.05, 4.69) is 25.9 Å². The molecule has 0 aliphatic carbocycles. The molecule has 0 N–H and O–H groups in total. The van der Waals surface area contributed by atoms with Gasteiger partial charge in [0.25, 0.3) is 5.91 Å². The average Bonchev–Trinajstić information content (AvgIpc) is 2.94. The van der Waals surface area contributed by atoms with Crippen LogP contribution in [0.15, 0.2) is 41.4 Å². The van der Waals surface area contributed by atoms with Crippen molar-refractivity contribution in [3.8, 4) is 0 Å². The van der Waals surface area contributed by atoms with E-state index in [0.29, 0.717) is 17.9 Å². The Bertz CT molecular complexity index is 924. The number of benzene rings is 1. The summed E-state index contributed by atoms with van der Waals surface area (Å²) < 4.78 is 15.9. The minimum atomic E-state index is -0.278. The maximum Gasteiger partial charge on any atom is 0.278 e. The molecular weight excluding hydrogens is 363 g/mol. The van der Waals surface area contributed by atoms with Gasteiger partial charge in [0, 0.05) is 18.4 Å². The molecular formula is C16H12BrFN4O. The minimum absolute atomic E-state index is 0.194. The Balaban J connectivity index is 1.75. The first-order valence-electron chi connectivity index (χ1n) is 7.22. The van der Waals surface area contributed by atoms with Crippen LogP contribution in [0.5, 0.6) is 0 Å². The van der Waals surface area contributed by atoms with Gasteiger partial charge in [0.05, 0.1) is 12.4 Å². The van der Waals surface area contributed by atoms with E-state index in [-0.39, 0.29) is 11.7 Å². The number of anilines is 1. The van der Waals surface area contributed by atoms with E-state index >= 15 is 0 Å². The third-order valence-electron chi connectivity index (χ3n) is 3.98. The van der Waals surface area contributed by atoms with E-state index in [0.717, 1.165) is 28.7 Å². The van der Waals surface area contributed by atoms with Crippen molar-refractivity contribution in [1.29, 1.82) is 0 Å². The molecule has 23 heavy (non-hydrogen) atoms. The zero-order valence-electron chi connectivity index (χ0n) is 12.0. The lowest BCUT2D eigenvalue weighted by Crippen LogP contribution is -2.36. The molecule has 0 spiro atoms. The molecule has 4 rings (SSSR count). The number of rotatable bonds is 1. The summed E-state index contributed by atoms with van der Waals surface area (Å²) in [6, 6.07) is 4.54. The summed E-state index contributed by atoms with van der Waals surface area (Å²) in [6.45, 7) is 0.599. The Morgan fingerprint density at radius 3 is 3.00 bits per heavy atom. The highest BCUT2D eigenvalue weighted by molar-refractivity contribution is 9.10. The van der Waals surface area contributed by atoms with Gasteiger partial charge in [0.2, 0.25) is 0 Å². The standard InChI is InChI=1S/C16H12BrFN4O/c17-14-7-20-15-8-19-12(9-22(14)15)16(23)21-5-1-2-10-6-11(18)3-4-13(10)21/h3-4,6-9H,1-2,5H2. The fourth-order valence-electron chi connectivity index (χ4n) is 2.88. The van der Waals surface area contributed by atoms with Gasteiger partial charge in [0.1, 0.15) is 16.1 Å². The summed E-state index contributed by atoms with van der Waals surface area (Å²) in [5.41, 5.74) is 2.60. The summed E-state index contributed by atoms with van der Waals surface area (Å²) >= 11 is 3.39. The molecule has 0 unspecified atom stereocenters. The molecule has 0 saturated heterocycles. The molecule has 116 valence electrons. The van der Waals surface area contributed by atoms with Gasteiger partial charge in [-0.2, -0.15) is 0 Å². The molecule has 0 bridgehead atoms. The molecule has 1 aromatic carbocycles. The fraction of sp³-hybridized carbons (Fsp3) is 0.188. The van der Waals surface area contributed by atoms with Crippen molar-refractivity contribution in [3.63, 3.8) is 0 Å². The SMILES string of the molecule is O=C(c1cn2c(Br)cnc2cn1)N1CCCc2cc(F)ccc21. The van der Waals surface area contributed by atoms with Crippen LogP contribution in [0.2, 0.25) is 0 Å². The van der Waals surface area contributed by atoms with Crippen molar-refractivity contribution in [1.82, 2.24) is 14.4 Å². The molecule has 1 amide bonds. The number of amides is 1. The first-order chi connectivity index (χ1) is 11.1. The van der Waals surface area contributed by atoms with E-state index in [1.807, 2.05) is 0 Å². The van der Waals surface area contributed by atoms with Crippen LogP contribution >= 0.6 is 15.9 Å². The molecule has 7 heteroatoms. The molecule has 1 aliphatic rings. The summed E-state index contributed by atoms with van der Waals surface area (Å²) in [4.78, 5) is 22.9. The molecule has 5 nitrogen and oxygen atoms in total. The second-order valence-corrected chi connectivity index (χ2v) is 6.23. The van der Waals surface area contributed by atoms with Crippen molar-refractivity contribution in [2.45, 2.75) is 12.8 Å². The van der Waals surface area contributed by atoms with Crippen molar-refractivity contribution >= 4 is 33.2 Å². The quantitative estimate of drug-likeness (QED) is 0.656. The van der Waals surface area contributed by atoms with E-state index in [1.165, 1.54) is 12.1 Å². The summed E-state index contributed by atoms with van der Waals surface area (Å²) in [7, 11) is 0. The number of halogens is 2. The first kappa shape index (κ1) is 14.3. The van der Waals surface area contributed by atoms with Gasteiger partial charge in [-0.3, -0.25) is 9.20 Å². The predicted octanol–water partition coefficient (Wildman–Crippen LogP) is 3.22. The van der Waals surface area contributed by atoms with Gasteiger partial charge in [-0.15, -0.1) is 0 Å². The molecule has 0 atom stereocenters. The van der Waals surface area contributed by atoms with E-state index in [4.69, 9.17) is 0 Å². The number of carbonyl (C=O) groups excluding carboxylic acids is 1. The number of hydrogen-bond donors (Lipinski definition) is 0. The number of imidazole rings is 1. The highest BCUT2D eigenvalue weighted by Crippen LogP contribution is 2.29. The molecule has 2 aromatic heterocycles. The van der Waals surface area contributed by atoms with Crippen molar-refractivity contribution in [2.75, 3.05) is 11.4 Å². The fourth-order valence-corrected chi connectivity index (χ4v) is 3.27.